The first-order valence-electron chi connectivity index (χ1n) is 56.0. The van der Waals surface area contributed by atoms with Gasteiger partial charge in [-0.2, -0.15) is 0 Å². The van der Waals surface area contributed by atoms with Crippen molar-refractivity contribution in [1.29, 1.82) is 0 Å². The summed E-state index contributed by atoms with van der Waals surface area (Å²) in [5, 5.41) is -7.61. The Hall–Kier alpha value is -13.0. The van der Waals surface area contributed by atoms with Gasteiger partial charge in [0, 0.05) is 32.7 Å². The second-order valence-corrected chi connectivity index (χ2v) is 32.8. The number of hydrogen-bond acceptors (Lipinski definition) is 2. The number of rotatable bonds is 17. The molecule has 18 rings (SSSR count). The summed E-state index contributed by atoms with van der Waals surface area (Å²) >= 11 is 0. The monoisotopic (exact) mass is 1460 g/mol. The van der Waals surface area contributed by atoms with Crippen molar-refractivity contribution in [2.45, 2.75) is 33.0 Å². The minimum atomic E-state index is -6.61. The lowest BCUT2D eigenvalue weighted by Gasteiger charge is -2.34. The lowest BCUT2D eigenvalue weighted by atomic mass is 9.85. The normalized spacial score (nSPS) is 17.9. The van der Waals surface area contributed by atoms with E-state index < -0.39 is 346 Å². The molecule has 0 saturated carbocycles. The van der Waals surface area contributed by atoms with Crippen LogP contribution >= 0.6 is 0 Å². The average molecular weight is 1470 g/mol. The van der Waals surface area contributed by atoms with Crippen molar-refractivity contribution in [2.24, 2.45) is 0 Å². The Balaban J connectivity index is 0.982. The van der Waals surface area contributed by atoms with E-state index in [-0.39, 0.29) is 62.0 Å². The first-order chi connectivity index (χ1) is 71.7. The number of benzene rings is 15. The molecule has 0 fully saturated rings. The van der Waals surface area contributed by atoms with E-state index in [4.69, 9.17) is 28.9 Å². The fourth-order valence-corrected chi connectivity index (χ4v) is 20.9. The van der Waals surface area contributed by atoms with Crippen LogP contribution in [0.25, 0.3) is 94.5 Å². The van der Waals surface area contributed by atoms with Crippen LogP contribution in [0.4, 0.5) is 0 Å². The smallest absolute Gasteiger partial charge is 0.269 e. The van der Waals surface area contributed by atoms with Crippen molar-refractivity contribution in [3.05, 3.63) is 417 Å². The van der Waals surface area contributed by atoms with Crippen molar-refractivity contribution >= 4 is 90.5 Å². The molecule has 5 nitrogen and oxygen atoms in total. The van der Waals surface area contributed by atoms with Gasteiger partial charge < -0.3 is 4.74 Å². The molecule has 0 aliphatic rings. The highest BCUT2D eigenvalue weighted by atomic mass is 28.3. The molecule has 0 aliphatic carbocycles. The number of pyridine rings is 1. The lowest BCUT2D eigenvalue weighted by Crippen LogP contribution is -2.74. The van der Waals surface area contributed by atoms with Gasteiger partial charge in [-0.05, 0) is 152 Å². The third-order valence-corrected chi connectivity index (χ3v) is 26.7. The van der Waals surface area contributed by atoms with Gasteiger partial charge in [-0.15, -0.1) is 0 Å². The third kappa shape index (κ3) is 11.9. The fourth-order valence-electron chi connectivity index (χ4n) is 13.8. The van der Waals surface area contributed by atoms with E-state index in [0.29, 0.717) is 32.9 Å². The van der Waals surface area contributed by atoms with Crippen LogP contribution in [0, 0.1) is 13.2 Å². The molecule has 0 amide bonds. The predicted molar refractivity (Wildman–Crippen MR) is 455 cm³/mol. The van der Waals surface area contributed by atoms with Crippen LogP contribution in [-0.4, -0.2) is 30.3 Å². The Morgan fingerprint density at radius 1 is 0.389 bits per heavy atom. The summed E-state index contributed by atoms with van der Waals surface area (Å²) in [5.41, 5.74) is -2.45. The minimum Gasteiger partial charge on any atom is -0.458 e. The number of aromatic nitrogens is 4. The van der Waals surface area contributed by atoms with E-state index in [1.807, 2.05) is 20.8 Å². The maximum atomic E-state index is 11.3. The van der Waals surface area contributed by atoms with Crippen molar-refractivity contribution < 1.29 is 71.0 Å². The Bertz CT molecular complexity index is 8630. The number of imidazole rings is 1. The highest BCUT2D eigenvalue weighted by molar-refractivity contribution is 7.20. The second kappa shape index (κ2) is 28.1. The summed E-state index contributed by atoms with van der Waals surface area (Å²) in [4.78, 5) is 4.73. The van der Waals surface area contributed by atoms with Gasteiger partial charge >= 0.3 is 0 Å². The molecule has 108 heavy (non-hydrogen) atoms. The number of ether oxygens (including phenoxy) is 1. The molecule has 0 radical (unpaired) electrons. The number of aryl methyl sites for hydroxylation is 1. The van der Waals surface area contributed by atoms with Crippen LogP contribution < -0.4 is 50.8 Å². The molecule has 0 atom stereocenters. The summed E-state index contributed by atoms with van der Waals surface area (Å²) in [6, 6.07) is -12.3. The van der Waals surface area contributed by atoms with E-state index in [2.05, 4.69) is 6.33 Å². The summed E-state index contributed by atoms with van der Waals surface area (Å²) < 4.78 is 440. The van der Waals surface area contributed by atoms with Gasteiger partial charge in [0.2, 0.25) is 0 Å². The number of nitrogens with zero attached hydrogens (tertiary/aromatic N) is 4. The summed E-state index contributed by atoms with van der Waals surface area (Å²) in [6.45, 7) is 2.67. The first-order valence-corrected chi connectivity index (χ1v) is 37.5. The summed E-state index contributed by atoms with van der Waals surface area (Å²) in [6.07, 6.45) is 4.54. The molecule has 18 aromatic rings. The highest BCUT2D eigenvalue weighted by Gasteiger charge is 2.43. The lowest BCUT2D eigenvalue weighted by molar-refractivity contribution is -0.571. The number of fused-ring (bicyclic) bond motifs is 4. The van der Waals surface area contributed by atoms with Crippen molar-refractivity contribution in [1.82, 2.24) is 14.1 Å². The van der Waals surface area contributed by atoms with Crippen LogP contribution in [0.5, 0.6) is 11.5 Å². The standard InChI is InChI=1S/C101H78N4OSi2/c1-72-63-99(102-70-94(72)73-33-12-5-13-34-73)105-95-58-27-26-55-92(95)93-61-60-81(69-97(93)105)106-80-40-31-39-79(68-80)103-71-104(96-62-59-75(67-98(96)103)74-35-29-53-88(65-74)107(82-41-14-6-15-42-82,83-43-16-7-17-44-83)84-45-18-8-19-46-84)100-90(76-36-28-38-78(64-76)101(2,3)4)56-32-57-91(100)77-37-30-54-89(66-77)108(85-47-20-9-21-48-85,86-49-22-10-23-50-86)87-51-24-11-25-52-87/h5-70H,1-4H3/i1D3,5D,6D,7D,8D,9D,10D,11D,12D,13D,14D,15D,16D,17D,18D,19D,20D,21D,22D,23D,24D,25D,30D,33D,34D,35D,37D,41D,42D,43D,44D,45D,46D,47D,48D,49D,50D,51D,52D,53D,54D,65D,66D. The third-order valence-electron chi connectivity index (χ3n) is 18.7. The number of para-hydroxylation sites is 2. The SMILES string of the molecule is [2H]c1cc([2H])c([Si](c2c([2H])c([2H])c([2H])c([2H])c2[2H])(c2c([2H])c([2H])c([2H])c([2H])c2[2H])c2c([2H])c([2H])c([2H])c([2H])c2[2H])c([2H])c1-c1ccc2c(c1)n(-c1cccc(Oc3ccc4c5ccccc5n(-c5cc(C([2H])([2H])[2H])c(-c6c([2H])c([2H])c([2H])c([2H])c6[2H])cn5)c4c3)c1)[c-][n+]2-c1c(-c2cccc(C(C)(C)C)c2)cccc1-c1c([2H])c([2H])c([2H])c([Si](c2c([2H])c([2H])c([2H])c([2H])c2[2H])(c2c([2H])c([2H])c([2H])c([2H])c2[2H])c2c([2H])c([2H])c([2H])c([2H])c2[2H])c1[2H]. The molecule has 15 aromatic carbocycles. The predicted octanol–water partition coefficient (Wildman–Crippen LogP) is 19.0. The molecular formula is C101H78N4OSi2. The van der Waals surface area contributed by atoms with E-state index in [0.717, 1.165) is 12.3 Å². The Morgan fingerprint density at radius 3 is 1.53 bits per heavy atom. The average Bonchev–Trinajstić information content (AvgIpc) is 1.68. The Labute approximate surface area is 697 Å². The highest BCUT2D eigenvalue weighted by Crippen LogP contribution is 2.40. The van der Waals surface area contributed by atoms with Gasteiger partial charge in [-0.1, -0.05) is 359 Å². The van der Waals surface area contributed by atoms with Gasteiger partial charge in [-0.3, -0.25) is 13.7 Å². The largest absolute Gasteiger partial charge is 0.458 e. The molecule has 3 aromatic heterocycles. The zero-order valence-electron chi connectivity index (χ0n) is 102. The van der Waals surface area contributed by atoms with Crippen molar-refractivity contribution in [3.8, 4) is 73.2 Å². The van der Waals surface area contributed by atoms with Gasteiger partial charge in [0.15, 0.2) is 16.1 Å². The van der Waals surface area contributed by atoms with Gasteiger partial charge in [0.25, 0.3) is 6.33 Å². The minimum absolute atomic E-state index is 0.0150. The molecule has 0 aliphatic heterocycles. The molecule has 0 saturated heterocycles. The summed E-state index contributed by atoms with van der Waals surface area (Å²) in [5.74, 6) is 0.0365. The molecule has 0 bridgehead atoms. The zero-order chi connectivity index (χ0) is 112. The van der Waals surface area contributed by atoms with Crippen molar-refractivity contribution in [3.63, 3.8) is 0 Å². The number of hydrogen-bond donors (Lipinski definition) is 0. The molecule has 0 spiro atoms. The van der Waals surface area contributed by atoms with E-state index >= 15 is 0 Å². The molecule has 0 unspecified atom stereocenters. The van der Waals surface area contributed by atoms with Gasteiger partial charge in [0.1, 0.15) is 17.3 Å². The second-order valence-electron chi connectivity index (χ2n) is 25.8. The van der Waals surface area contributed by atoms with Crippen LogP contribution in [0.15, 0.2) is 400 Å². The van der Waals surface area contributed by atoms with Crippen molar-refractivity contribution in [2.75, 3.05) is 0 Å². The maximum absolute atomic E-state index is 11.3. The van der Waals surface area contributed by atoms with E-state index in [1.165, 1.54) is 69.8 Å². The molecule has 3 heterocycles. The quantitative estimate of drug-likeness (QED) is 0.0394. The van der Waals surface area contributed by atoms with E-state index in [9.17, 15) is 42.5 Å². The van der Waals surface area contributed by atoms with Crippen LogP contribution in [-0.2, 0) is 5.41 Å². The topological polar surface area (TPSA) is 35.9 Å². The maximum Gasteiger partial charge on any atom is 0.269 e. The van der Waals surface area contributed by atoms with Crippen LogP contribution in [0.3, 0.4) is 0 Å². The van der Waals surface area contributed by atoms with Gasteiger partial charge in [-0.25, -0.2) is 4.98 Å². The fraction of sp³-hybridized carbons (Fsp3) is 0.0495. The van der Waals surface area contributed by atoms with E-state index in [1.54, 1.807) is 77.4 Å². The Morgan fingerprint density at radius 2 is 0.917 bits per heavy atom. The summed E-state index contributed by atoms with van der Waals surface area (Å²) in [7, 11) is -13.0. The molecule has 7 heteroatoms. The van der Waals surface area contributed by atoms with Crippen LogP contribution in [0.1, 0.15) is 93.6 Å². The molecular weight excluding hydrogens is 1340 g/mol. The van der Waals surface area contributed by atoms with Crippen LogP contribution in [0.2, 0.25) is 0 Å². The molecule has 0 N–H and O–H groups in total. The molecule has 516 valence electrons. The Kier molecular flexibility index (Phi) is 8.85. The zero-order valence-corrected chi connectivity index (χ0v) is 59.1. The first kappa shape index (κ1) is 34.0. The van der Waals surface area contributed by atoms with Gasteiger partial charge in [0.05, 0.1) is 91.0 Å².